The van der Waals surface area contributed by atoms with Crippen LogP contribution in [-0.2, 0) is 13.0 Å². The van der Waals surface area contributed by atoms with E-state index < -0.39 is 0 Å². The summed E-state index contributed by atoms with van der Waals surface area (Å²) in [6.07, 6.45) is 8.03. The average molecular weight is 401 g/mol. The molecule has 0 radical (unpaired) electrons. The molecular weight excluding hydrogens is 381 g/mol. The van der Waals surface area contributed by atoms with Crippen LogP contribution in [0.2, 0.25) is 0 Å². The molecule has 8 heteroatoms. The summed E-state index contributed by atoms with van der Waals surface area (Å²) in [6.45, 7) is 2.03. The number of aryl methyl sites for hydroxylation is 2. The summed E-state index contributed by atoms with van der Waals surface area (Å²) in [5, 5.41) is 25.1. The molecule has 150 valence electrons. The van der Waals surface area contributed by atoms with Gasteiger partial charge in [-0.05, 0) is 49.8 Å². The van der Waals surface area contributed by atoms with Crippen molar-refractivity contribution in [3.63, 3.8) is 0 Å². The number of rotatable bonds is 7. The standard InChI is InChI=1S/C22H20FN7/c1-15-11-26-21(28-18-12-27-30(13-18)9-8-24)29-20(15)17-3-2-16(19(23)10-17)4-5-22(14-25)6-7-22/h2-3,10-13H,4-7,9H2,1H3,(H,26,28,29). The molecule has 1 aliphatic carbocycles. The van der Waals surface area contributed by atoms with E-state index in [1.165, 1.54) is 10.7 Å². The summed E-state index contributed by atoms with van der Waals surface area (Å²) in [4.78, 5) is 8.82. The third-order valence-corrected chi connectivity index (χ3v) is 5.38. The monoisotopic (exact) mass is 401 g/mol. The summed E-state index contributed by atoms with van der Waals surface area (Å²) in [5.41, 5.74) is 3.17. The zero-order chi connectivity index (χ0) is 21.1. The first kappa shape index (κ1) is 19.5. The van der Waals surface area contributed by atoms with Gasteiger partial charge in [-0.25, -0.2) is 14.4 Å². The van der Waals surface area contributed by atoms with Crippen LogP contribution in [0.4, 0.5) is 16.0 Å². The molecule has 0 amide bonds. The van der Waals surface area contributed by atoms with Gasteiger partial charge in [0.1, 0.15) is 12.4 Å². The predicted octanol–water partition coefficient (Wildman–Crippen LogP) is 4.29. The van der Waals surface area contributed by atoms with Gasteiger partial charge in [0.05, 0.1) is 35.1 Å². The number of hydrogen-bond acceptors (Lipinski definition) is 6. The molecule has 4 rings (SSSR count). The van der Waals surface area contributed by atoms with Gasteiger partial charge in [-0.3, -0.25) is 4.68 Å². The lowest BCUT2D eigenvalue weighted by atomic mass is 9.96. The second-order valence-corrected chi connectivity index (χ2v) is 7.63. The molecule has 30 heavy (non-hydrogen) atoms. The maximum Gasteiger partial charge on any atom is 0.227 e. The Morgan fingerprint density at radius 3 is 2.80 bits per heavy atom. The topological polar surface area (TPSA) is 103 Å². The number of benzene rings is 1. The molecule has 3 aromatic rings. The quantitative estimate of drug-likeness (QED) is 0.633. The Balaban J connectivity index is 1.53. The van der Waals surface area contributed by atoms with Crippen molar-refractivity contribution in [1.82, 2.24) is 19.7 Å². The van der Waals surface area contributed by atoms with Crippen LogP contribution in [0.15, 0.2) is 36.8 Å². The highest BCUT2D eigenvalue weighted by molar-refractivity contribution is 5.65. The molecule has 1 saturated carbocycles. The largest absolute Gasteiger partial charge is 0.321 e. The van der Waals surface area contributed by atoms with Gasteiger partial charge in [0.2, 0.25) is 5.95 Å². The first-order valence-corrected chi connectivity index (χ1v) is 9.72. The van der Waals surface area contributed by atoms with Gasteiger partial charge in [-0.15, -0.1) is 0 Å². The number of aromatic nitrogens is 4. The highest BCUT2D eigenvalue weighted by Gasteiger charge is 2.42. The van der Waals surface area contributed by atoms with Crippen LogP contribution in [0.1, 0.15) is 30.4 Å². The number of anilines is 2. The number of nitrogens with zero attached hydrogens (tertiary/aromatic N) is 6. The van der Waals surface area contributed by atoms with Gasteiger partial charge >= 0.3 is 0 Å². The Morgan fingerprint density at radius 1 is 1.27 bits per heavy atom. The van der Waals surface area contributed by atoms with Crippen molar-refractivity contribution in [2.24, 2.45) is 5.41 Å². The molecule has 1 aliphatic rings. The molecule has 0 saturated heterocycles. The van der Waals surface area contributed by atoms with Gasteiger partial charge in [0.25, 0.3) is 0 Å². The van der Waals surface area contributed by atoms with E-state index in [4.69, 9.17) is 5.26 Å². The maximum absolute atomic E-state index is 14.7. The molecule has 1 N–H and O–H groups in total. The zero-order valence-electron chi connectivity index (χ0n) is 16.6. The molecule has 0 bridgehead atoms. The minimum absolute atomic E-state index is 0.156. The van der Waals surface area contributed by atoms with Crippen LogP contribution in [0, 0.1) is 40.8 Å². The Labute approximate surface area is 173 Å². The third kappa shape index (κ3) is 4.13. The smallest absolute Gasteiger partial charge is 0.227 e. The van der Waals surface area contributed by atoms with Gasteiger partial charge < -0.3 is 5.32 Å². The van der Waals surface area contributed by atoms with Gasteiger partial charge in [0.15, 0.2) is 0 Å². The first-order chi connectivity index (χ1) is 14.5. The zero-order valence-corrected chi connectivity index (χ0v) is 16.6. The lowest BCUT2D eigenvalue weighted by molar-refractivity contribution is 0.563. The van der Waals surface area contributed by atoms with Crippen molar-refractivity contribution < 1.29 is 4.39 Å². The van der Waals surface area contributed by atoms with E-state index in [-0.39, 0.29) is 17.8 Å². The minimum atomic E-state index is -0.286. The SMILES string of the molecule is Cc1cnc(Nc2cnn(CC#N)c2)nc1-c1ccc(CCC2(C#N)CC2)c(F)c1. The van der Waals surface area contributed by atoms with Crippen LogP contribution in [-0.4, -0.2) is 19.7 Å². The Morgan fingerprint density at radius 2 is 2.10 bits per heavy atom. The van der Waals surface area contributed by atoms with Gasteiger partial charge in [-0.2, -0.15) is 15.6 Å². The first-order valence-electron chi connectivity index (χ1n) is 9.72. The van der Waals surface area contributed by atoms with Crippen LogP contribution in [0.5, 0.6) is 0 Å². The Hall–Kier alpha value is -3.78. The lowest BCUT2D eigenvalue weighted by Crippen LogP contribution is -2.02. The third-order valence-electron chi connectivity index (χ3n) is 5.38. The molecular formula is C22H20FN7. The molecule has 1 aromatic carbocycles. The van der Waals surface area contributed by atoms with E-state index in [1.54, 1.807) is 24.7 Å². The fourth-order valence-electron chi connectivity index (χ4n) is 3.35. The Kier molecular flexibility index (Phi) is 5.16. The van der Waals surface area contributed by atoms with E-state index in [0.29, 0.717) is 41.3 Å². The average Bonchev–Trinajstić information content (AvgIpc) is 3.40. The molecule has 0 atom stereocenters. The van der Waals surface area contributed by atoms with Crippen LogP contribution in [0.25, 0.3) is 11.3 Å². The summed E-state index contributed by atoms with van der Waals surface area (Å²) in [5.74, 6) is 0.0767. The highest BCUT2D eigenvalue weighted by Crippen LogP contribution is 2.48. The fourth-order valence-corrected chi connectivity index (χ4v) is 3.35. The Bertz CT molecular complexity index is 1160. The summed E-state index contributed by atoms with van der Waals surface area (Å²) >= 11 is 0. The van der Waals surface area contributed by atoms with E-state index >= 15 is 0 Å². The van der Waals surface area contributed by atoms with Crippen molar-refractivity contribution in [2.45, 2.75) is 39.2 Å². The van der Waals surface area contributed by atoms with Crippen molar-refractivity contribution in [1.29, 1.82) is 10.5 Å². The van der Waals surface area contributed by atoms with E-state index in [0.717, 1.165) is 18.4 Å². The van der Waals surface area contributed by atoms with Gasteiger partial charge in [0, 0.05) is 18.0 Å². The second-order valence-electron chi connectivity index (χ2n) is 7.63. The predicted molar refractivity (Wildman–Crippen MR) is 109 cm³/mol. The summed E-state index contributed by atoms with van der Waals surface area (Å²) in [6, 6.07) is 9.50. The molecule has 0 unspecified atom stereocenters. The van der Waals surface area contributed by atoms with Crippen molar-refractivity contribution in [3.8, 4) is 23.4 Å². The fraction of sp³-hybridized carbons (Fsp3) is 0.318. The molecule has 0 aliphatic heterocycles. The van der Waals surface area contributed by atoms with Crippen LogP contribution >= 0.6 is 0 Å². The maximum atomic E-state index is 14.7. The minimum Gasteiger partial charge on any atom is -0.321 e. The number of halogens is 1. The van der Waals surface area contributed by atoms with Crippen LogP contribution < -0.4 is 5.32 Å². The molecule has 0 spiro atoms. The molecule has 1 fully saturated rings. The van der Waals surface area contributed by atoms with Crippen molar-refractivity contribution >= 4 is 11.6 Å². The molecule has 2 aromatic heterocycles. The summed E-state index contributed by atoms with van der Waals surface area (Å²) < 4.78 is 16.2. The second kappa shape index (κ2) is 7.92. The lowest BCUT2D eigenvalue weighted by Gasteiger charge is -2.11. The van der Waals surface area contributed by atoms with E-state index in [1.807, 2.05) is 19.1 Å². The number of hydrogen-bond donors (Lipinski definition) is 1. The number of nitriles is 2. The molecule has 2 heterocycles. The molecule has 7 nitrogen and oxygen atoms in total. The van der Waals surface area contributed by atoms with Gasteiger partial charge in [-0.1, -0.05) is 12.1 Å². The summed E-state index contributed by atoms with van der Waals surface area (Å²) in [7, 11) is 0. The normalized spacial score (nSPS) is 14.0. The number of nitrogens with one attached hydrogen (secondary N) is 1. The van der Waals surface area contributed by atoms with Crippen molar-refractivity contribution in [2.75, 3.05) is 5.32 Å². The van der Waals surface area contributed by atoms with E-state index in [9.17, 15) is 9.65 Å². The van der Waals surface area contributed by atoms with Crippen molar-refractivity contribution in [3.05, 3.63) is 53.7 Å². The van der Waals surface area contributed by atoms with E-state index in [2.05, 4.69) is 26.5 Å². The highest BCUT2D eigenvalue weighted by atomic mass is 19.1. The van der Waals surface area contributed by atoms with Crippen LogP contribution in [0.3, 0.4) is 0 Å².